The third kappa shape index (κ3) is 2.17. The van der Waals surface area contributed by atoms with Crippen LogP contribution in [-0.4, -0.2) is 5.78 Å². The number of carbonyl (C=O) groups is 1. The van der Waals surface area contributed by atoms with E-state index in [1.807, 2.05) is 30.3 Å². The third-order valence-electron chi connectivity index (χ3n) is 3.12. The van der Waals surface area contributed by atoms with E-state index in [1.165, 1.54) is 0 Å². The molecule has 78 valence electrons. The largest absolute Gasteiger partial charge is 0.299 e. The highest BCUT2D eigenvalue weighted by Gasteiger charge is 2.24. The second-order valence-corrected chi connectivity index (χ2v) is 4.16. The first-order chi connectivity index (χ1) is 7.29. The molecular weight excluding hydrogens is 184 g/mol. The molecule has 1 saturated carbocycles. The highest BCUT2D eigenvalue weighted by atomic mass is 16.1. The first-order valence-electron chi connectivity index (χ1n) is 5.56. The summed E-state index contributed by atoms with van der Waals surface area (Å²) in [5.41, 5.74) is 2.11. The van der Waals surface area contributed by atoms with Gasteiger partial charge in [0.15, 0.2) is 0 Å². The summed E-state index contributed by atoms with van der Waals surface area (Å²) in [6, 6.07) is 10.0. The molecular formula is C14H16O. The van der Waals surface area contributed by atoms with Crippen molar-refractivity contribution in [3.63, 3.8) is 0 Å². The van der Waals surface area contributed by atoms with Gasteiger partial charge in [0.05, 0.1) is 0 Å². The van der Waals surface area contributed by atoms with Crippen molar-refractivity contribution in [1.29, 1.82) is 0 Å². The molecule has 1 aromatic carbocycles. The quantitative estimate of drug-likeness (QED) is 0.714. The molecule has 1 nitrogen and oxygen atoms in total. The van der Waals surface area contributed by atoms with Crippen LogP contribution in [0.1, 0.15) is 31.2 Å². The first kappa shape index (κ1) is 10.2. The zero-order valence-corrected chi connectivity index (χ0v) is 8.91. The summed E-state index contributed by atoms with van der Waals surface area (Å²) in [5.74, 6) is 0.441. The molecule has 0 bridgehead atoms. The standard InChI is InChI=1S/C14H16O/c1-11(12-7-3-2-4-8-12)13-9-5-6-10-14(13)15/h2-4,7-8,13H,1,5-6,9-10H2/t13-/m0/s1. The van der Waals surface area contributed by atoms with Gasteiger partial charge >= 0.3 is 0 Å². The van der Waals surface area contributed by atoms with Crippen molar-refractivity contribution in [2.24, 2.45) is 5.92 Å². The monoisotopic (exact) mass is 200 g/mol. The maximum absolute atomic E-state index is 11.7. The Kier molecular flexibility index (Phi) is 3.00. The molecule has 0 amide bonds. The molecule has 0 aromatic heterocycles. The van der Waals surface area contributed by atoms with Gasteiger partial charge in [-0.3, -0.25) is 4.79 Å². The van der Waals surface area contributed by atoms with Crippen molar-refractivity contribution in [2.75, 3.05) is 0 Å². The molecule has 1 heteroatoms. The van der Waals surface area contributed by atoms with Gasteiger partial charge in [-0.25, -0.2) is 0 Å². The van der Waals surface area contributed by atoms with Crippen molar-refractivity contribution in [2.45, 2.75) is 25.7 Å². The van der Waals surface area contributed by atoms with Crippen LogP contribution in [0.4, 0.5) is 0 Å². The zero-order chi connectivity index (χ0) is 10.7. The fourth-order valence-electron chi connectivity index (χ4n) is 2.20. The van der Waals surface area contributed by atoms with E-state index in [1.54, 1.807) is 0 Å². The average Bonchev–Trinajstić information content (AvgIpc) is 2.30. The summed E-state index contributed by atoms with van der Waals surface area (Å²) < 4.78 is 0. The van der Waals surface area contributed by atoms with E-state index in [4.69, 9.17) is 0 Å². The van der Waals surface area contributed by atoms with Gasteiger partial charge in [0.25, 0.3) is 0 Å². The molecule has 0 aliphatic heterocycles. The molecule has 0 spiro atoms. The van der Waals surface area contributed by atoms with Crippen molar-refractivity contribution in [3.8, 4) is 0 Å². The van der Waals surface area contributed by atoms with Crippen LogP contribution in [0.2, 0.25) is 0 Å². The van der Waals surface area contributed by atoms with Gasteiger partial charge in [-0.05, 0) is 24.0 Å². The van der Waals surface area contributed by atoms with Gasteiger partial charge in [-0.15, -0.1) is 0 Å². The zero-order valence-electron chi connectivity index (χ0n) is 8.91. The Morgan fingerprint density at radius 1 is 1.20 bits per heavy atom. The van der Waals surface area contributed by atoms with Crippen molar-refractivity contribution in [1.82, 2.24) is 0 Å². The Morgan fingerprint density at radius 3 is 2.60 bits per heavy atom. The van der Waals surface area contributed by atoms with Gasteiger partial charge in [-0.1, -0.05) is 43.3 Å². The molecule has 2 rings (SSSR count). The fourth-order valence-corrected chi connectivity index (χ4v) is 2.20. The predicted molar refractivity (Wildman–Crippen MR) is 62.4 cm³/mol. The second-order valence-electron chi connectivity index (χ2n) is 4.16. The summed E-state index contributed by atoms with van der Waals surface area (Å²) in [4.78, 5) is 11.7. The van der Waals surface area contributed by atoms with Gasteiger partial charge in [0.1, 0.15) is 5.78 Å². The van der Waals surface area contributed by atoms with E-state index in [9.17, 15) is 4.79 Å². The summed E-state index contributed by atoms with van der Waals surface area (Å²) >= 11 is 0. The van der Waals surface area contributed by atoms with Crippen LogP contribution >= 0.6 is 0 Å². The lowest BCUT2D eigenvalue weighted by Crippen LogP contribution is -2.19. The molecule has 0 heterocycles. The van der Waals surface area contributed by atoms with Crippen LogP contribution in [0, 0.1) is 5.92 Å². The van der Waals surface area contributed by atoms with E-state index in [0.717, 1.165) is 36.8 Å². The van der Waals surface area contributed by atoms with Gasteiger partial charge < -0.3 is 0 Å². The summed E-state index contributed by atoms with van der Waals surface area (Å²) in [6.45, 7) is 4.08. The number of hydrogen-bond acceptors (Lipinski definition) is 1. The van der Waals surface area contributed by atoms with Crippen LogP contribution in [0.25, 0.3) is 5.57 Å². The summed E-state index contributed by atoms with van der Waals surface area (Å²) in [6.07, 6.45) is 3.92. The van der Waals surface area contributed by atoms with Crippen LogP contribution in [0.15, 0.2) is 36.9 Å². The van der Waals surface area contributed by atoms with Crippen molar-refractivity contribution >= 4 is 11.4 Å². The number of benzene rings is 1. The number of allylic oxidation sites excluding steroid dienone is 1. The molecule has 0 unspecified atom stereocenters. The Bertz CT molecular complexity index is 364. The van der Waals surface area contributed by atoms with Gasteiger partial charge in [0, 0.05) is 12.3 Å². The topological polar surface area (TPSA) is 17.1 Å². The lowest BCUT2D eigenvalue weighted by atomic mass is 9.81. The molecule has 1 atom stereocenters. The predicted octanol–water partition coefficient (Wildman–Crippen LogP) is 3.46. The highest BCUT2D eigenvalue weighted by Crippen LogP contribution is 2.31. The molecule has 15 heavy (non-hydrogen) atoms. The van der Waals surface area contributed by atoms with E-state index < -0.39 is 0 Å². The summed E-state index contributed by atoms with van der Waals surface area (Å²) in [7, 11) is 0. The van der Waals surface area contributed by atoms with Crippen molar-refractivity contribution in [3.05, 3.63) is 42.5 Å². The van der Waals surface area contributed by atoms with Gasteiger partial charge in [0.2, 0.25) is 0 Å². The number of hydrogen-bond donors (Lipinski definition) is 0. The maximum atomic E-state index is 11.7. The Balaban J connectivity index is 2.17. The summed E-state index contributed by atoms with van der Waals surface area (Å²) in [5, 5.41) is 0. The number of ketones is 1. The normalized spacial score (nSPS) is 21.3. The van der Waals surface area contributed by atoms with E-state index >= 15 is 0 Å². The van der Waals surface area contributed by atoms with E-state index in [2.05, 4.69) is 6.58 Å². The molecule has 1 aromatic rings. The van der Waals surface area contributed by atoms with E-state index in [-0.39, 0.29) is 5.92 Å². The fraction of sp³-hybridized carbons (Fsp3) is 0.357. The van der Waals surface area contributed by atoms with Crippen LogP contribution < -0.4 is 0 Å². The molecule has 1 fully saturated rings. The second kappa shape index (κ2) is 4.43. The SMILES string of the molecule is C=C(c1ccccc1)[C@@H]1CCCCC1=O. The number of carbonyl (C=O) groups excluding carboxylic acids is 1. The van der Waals surface area contributed by atoms with Crippen LogP contribution in [-0.2, 0) is 4.79 Å². The van der Waals surface area contributed by atoms with E-state index in [0.29, 0.717) is 5.78 Å². The number of rotatable bonds is 2. The van der Waals surface area contributed by atoms with Crippen LogP contribution in [0.5, 0.6) is 0 Å². The smallest absolute Gasteiger partial charge is 0.140 e. The minimum atomic E-state index is 0.0705. The lowest BCUT2D eigenvalue weighted by molar-refractivity contribution is -0.122. The average molecular weight is 200 g/mol. The highest BCUT2D eigenvalue weighted by molar-refractivity contribution is 5.93. The number of Topliss-reactive ketones (excluding diaryl/α,β-unsaturated/α-hetero) is 1. The maximum Gasteiger partial charge on any atom is 0.140 e. The Hall–Kier alpha value is -1.37. The lowest BCUT2D eigenvalue weighted by Gasteiger charge is -2.22. The van der Waals surface area contributed by atoms with Crippen LogP contribution in [0.3, 0.4) is 0 Å². The first-order valence-corrected chi connectivity index (χ1v) is 5.56. The Morgan fingerprint density at radius 2 is 1.93 bits per heavy atom. The molecule has 0 saturated heterocycles. The minimum Gasteiger partial charge on any atom is -0.299 e. The van der Waals surface area contributed by atoms with Crippen molar-refractivity contribution < 1.29 is 4.79 Å². The van der Waals surface area contributed by atoms with Gasteiger partial charge in [-0.2, -0.15) is 0 Å². The molecule has 1 aliphatic rings. The Labute approximate surface area is 90.8 Å². The molecule has 0 N–H and O–H groups in total. The molecule has 1 aliphatic carbocycles. The molecule has 0 radical (unpaired) electrons. The minimum absolute atomic E-state index is 0.0705. The third-order valence-corrected chi connectivity index (χ3v) is 3.12.